The number of aryl methyl sites for hydroxylation is 1. The molecule has 1 fully saturated rings. The molecule has 0 radical (unpaired) electrons. The van der Waals surface area contributed by atoms with E-state index in [1.807, 2.05) is 12.4 Å². The van der Waals surface area contributed by atoms with Crippen LogP contribution in [0.3, 0.4) is 0 Å². The van der Waals surface area contributed by atoms with Crippen molar-refractivity contribution in [1.29, 1.82) is 0 Å². The van der Waals surface area contributed by atoms with Crippen LogP contribution in [0.2, 0.25) is 0 Å². The van der Waals surface area contributed by atoms with Gasteiger partial charge in [0.2, 0.25) is 0 Å². The predicted molar refractivity (Wildman–Crippen MR) is 77.9 cm³/mol. The summed E-state index contributed by atoms with van der Waals surface area (Å²) in [5.41, 5.74) is 8.61. The summed E-state index contributed by atoms with van der Waals surface area (Å²) in [6, 6.07) is 2.06. The fraction of sp³-hybridized carbons (Fsp3) is 0.688. The summed E-state index contributed by atoms with van der Waals surface area (Å²) in [6.07, 6.45) is 8.35. The van der Waals surface area contributed by atoms with Gasteiger partial charge in [0.15, 0.2) is 0 Å². The van der Waals surface area contributed by atoms with Gasteiger partial charge in [0, 0.05) is 19.0 Å². The molecule has 1 heterocycles. The number of rotatable bonds is 4. The second kappa shape index (κ2) is 6.02. The third-order valence-corrected chi connectivity index (χ3v) is 4.24. The van der Waals surface area contributed by atoms with E-state index in [0.717, 1.165) is 30.6 Å². The Bertz CT molecular complexity index is 417. The second-order valence-corrected chi connectivity index (χ2v) is 5.97. The van der Waals surface area contributed by atoms with Crippen LogP contribution in [0, 0.1) is 12.8 Å². The summed E-state index contributed by atoms with van der Waals surface area (Å²) in [5, 5.41) is 0. The maximum absolute atomic E-state index is 6.56. The van der Waals surface area contributed by atoms with Gasteiger partial charge in [0.1, 0.15) is 0 Å². The van der Waals surface area contributed by atoms with Gasteiger partial charge >= 0.3 is 0 Å². The monoisotopic (exact) mass is 262 g/mol. The van der Waals surface area contributed by atoms with Crippen LogP contribution < -0.4 is 5.73 Å². The molecular weight excluding hydrogens is 236 g/mol. The maximum Gasteiger partial charge on any atom is 0.0877 e. The van der Waals surface area contributed by atoms with Gasteiger partial charge in [-0.05, 0) is 43.7 Å². The minimum atomic E-state index is -0.206. The standard InChI is InChI=1S/C16H26N2O/c1-4-19-16(7-5-6-12(2)9-16)15(17)14-8-13(3)10-18-11-14/h8,10-12,15H,4-7,9,17H2,1-3H3. The average molecular weight is 262 g/mol. The summed E-state index contributed by atoms with van der Waals surface area (Å²) in [5.74, 6) is 0.684. The Kier molecular flexibility index (Phi) is 4.58. The number of aromatic nitrogens is 1. The summed E-state index contributed by atoms with van der Waals surface area (Å²) in [4.78, 5) is 4.27. The maximum atomic E-state index is 6.56. The Morgan fingerprint density at radius 3 is 2.95 bits per heavy atom. The molecule has 1 aromatic rings. The van der Waals surface area contributed by atoms with E-state index < -0.39 is 0 Å². The van der Waals surface area contributed by atoms with Gasteiger partial charge in [-0.2, -0.15) is 0 Å². The Labute approximate surface area is 116 Å². The van der Waals surface area contributed by atoms with Crippen molar-refractivity contribution in [3.05, 3.63) is 29.6 Å². The molecular formula is C16H26N2O. The smallest absolute Gasteiger partial charge is 0.0877 e. The van der Waals surface area contributed by atoms with Crippen LogP contribution in [0.5, 0.6) is 0 Å². The van der Waals surface area contributed by atoms with E-state index in [0.29, 0.717) is 5.92 Å². The molecule has 1 saturated carbocycles. The first-order valence-corrected chi connectivity index (χ1v) is 7.38. The Balaban J connectivity index is 2.27. The van der Waals surface area contributed by atoms with E-state index in [4.69, 9.17) is 10.5 Å². The molecule has 0 bridgehead atoms. The van der Waals surface area contributed by atoms with Crippen LogP contribution >= 0.6 is 0 Å². The van der Waals surface area contributed by atoms with Gasteiger partial charge in [-0.25, -0.2) is 0 Å². The van der Waals surface area contributed by atoms with E-state index in [1.165, 1.54) is 12.8 Å². The van der Waals surface area contributed by atoms with Crippen molar-refractivity contribution in [3.63, 3.8) is 0 Å². The number of hydrogen-bond donors (Lipinski definition) is 1. The third-order valence-electron chi connectivity index (χ3n) is 4.24. The van der Waals surface area contributed by atoms with Crippen LogP contribution in [0.1, 0.15) is 56.7 Å². The van der Waals surface area contributed by atoms with Gasteiger partial charge in [0.05, 0.1) is 11.6 Å². The zero-order chi connectivity index (χ0) is 13.9. The number of nitrogens with two attached hydrogens (primary N) is 1. The molecule has 1 aromatic heterocycles. The lowest BCUT2D eigenvalue weighted by Gasteiger charge is -2.44. The Morgan fingerprint density at radius 2 is 2.32 bits per heavy atom. The van der Waals surface area contributed by atoms with Crippen LogP contribution in [0.25, 0.3) is 0 Å². The van der Waals surface area contributed by atoms with Gasteiger partial charge in [-0.1, -0.05) is 25.8 Å². The highest BCUT2D eigenvalue weighted by molar-refractivity contribution is 5.23. The van der Waals surface area contributed by atoms with Crippen molar-refractivity contribution in [3.8, 4) is 0 Å². The summed E-state index contributed by atoms with van der Waals surface area (Å²) in [6.45, 7) is 7.14. The molecule has 1 aliphatic rings. The summed E-state index contributed by atoms with van der Waals surface area (Å²) >= 11 is 0. The average Bonchev–Trinajstić information content (AvgIpc) is 2.38. The highest BCUT2D eigenvalue weighted by atomic mass is 16.5. The van der Waals surface area contributed by atoms with Gasteiger partial charge < -0.3 is 10.5 Å². The highest BCUT2D eigenvalue weighted by Gasteiger charge is 2.41. The quantitative estimate of drug-likeness (QED) is 0.905. The first-order chi connectivity index (χ1) is 9.07. The molecule has 0 amide bonds. The normalized spacial score (nSPS) is 29.2. The van der Waals surface area contributed by atoms with Crippen molar-refractivity contribution >= 4 is 0 Å². The first kappa shape index (κ1) is 14.5. The van der Waals surface area contributed by atoms with Crippen LogP contribution in [-0.4, -0.2) is 17.2 Å². The molecule has 3 atom stereocenters. The number of ether oxygens (including phenoxy) is 1. The molecule has 19 heavy (non-hydrogen) atoms. The van der Waals surface area contributed by atoms with Gasteiger partial charge in [-0.15, -0.1) is 0 Å². The summed E-state index contributed by atoms with van der Waals surface area (Å²) < 4.78 is 6.14. The molecule has 2 N–H and O–H groups in total. The van der Waals surface area contributed by atoms with E-state index in [-0.39, 0.29) is 11.6 Å². The van der Waals surface area contributed by atoms with Crippen molar-refractivity contribution in [2.24, 2.45) is 11.7 Å². The Morgan fingerprint density at radius 1 is 1.53 bits per heavy atom. The van der Waals surface area contributed by atoms with E-state index >= 15 is 0 Å². The van der Waals surface area contributed by atoms with Crippen molar-refractivity contribution in [2.45, 2.75) is 58.1 Å². The van der Waals surface area contributed by atoms with Crippen molar-refractivity contribution < 1.29 is 4.74 Å². The lowest BCUT2D eigenvalue weighted by molar-refractivity contribution is -0.0939. The molecule has 3 heteroatoms. The van der Waals surface area contributed by atoms with Crippen molar-refractivity contribution in [1.82, 2.24) is 4.98 Å². The van der Waals surface area contributed by atoms with E-state index in [2.05, 4.69) is 31.8 Å². The molecule has 0 aliphatic heterocycles. The molecule has 0 saturated heterocycles. The predicted octanol–water partition coefficient (Wildman–Crippen LogP) is 3.38. The third kappa shape index (κ3) is 3.15. The van der Waals surface area contributed by atoms with Crippen LogP contribution in [0.15, 0.2) is 18.5 Å². The van der Waals surface area contributed by atoms with Crippen LogP contribution in [0.4, 0.5) is 0 Å². The Hall–Kier alpha value is -0.930. The number of hydrogen-bond acceptors (Lipinski definition) is 3. The van der Waals surface area contributed by atoms with Gasteiger partial charge in [-0.3, -0.25) is 4.98 Å². The molecule has 1 aliphatic carbocycles. The summed E-state index contributed by atoms with van der Waals surface area (Å²) in [7, 11) is 0. The minimum absolute atomic E-state index is 0.0809. The largest absolute Gasteiger partial charge is 0.373 e. The van der Waals surface area contributed by atoms with Crippen LogP contribution in [-0.2, 0) is 4.74 Å². The second-order valence-electron chi connectivity index (χ2n) is 5.97. The fourth-order valence-electron chi connectivity index (χ4n) is 3.39. The van der Waals surface area contributed by atoms with Crippen molar-refractivity contribution in [2.75, 3.05) is 6.61 Å². The molecule has 106 valence electrons. The lowest BCUT2D eigenvalue weighted by Crippen LogP contribution is -2.47. The molecule has 2 rings (SSSR count). The molecule has 3 unspecified atom stereocenters. The molecule has 3 nitrogen and oxygen atoms in total. The first-order valence-electron chi connectivity index (χ1n) is 7.38. The highest BCUT2D eigenvalue weighted by Crippen LogP contribution is 2.42. The minimum Gasteiger partial charge on any atom is -0.373 e. The van der Waals surface area contributed by atoms with Gasteiger partial charge in [0.25, 0.3) is 0 Å². The zero-order valence-corrected chi connectivity index (χ0v) is 12.4. The molecule has 0 aromatic carbocycles. The zero-order valence-electron chi connectivity index (χ0n) is 12.4. The molecule has 0 spiro atoms. The number of pyridine rings is 1. The van der Waals surface area contributed by atoms with E-state index in [1.54, 1.807) is 0 Å². The lowest BCUT2D eigenvalue weighted by atomic mass is 9.73. The van der Waals surface area contributed by atoms with E-state index in [9.17, 15) is 0 Å². The number of nitrogens with zero attached hydrogens (tertiary/aromatic N) is 1. The SMILES string of the molecule is CCOC1(C(N)c2cncc(C)c2)CCCC(C)C1. The fourth-order valence-corrected chi connectivity index (χ4v) is 3.39. The topological polar surface area (TPSA) is 48.1 Å².